The van der Waals surface area contributed by atoms with Crippen molar-refractivity contribution >= 4 is 12.0 Å². The van der Waals surface area contributed by atoms with E-state index in [0.717, 1.165) is 12.8 Å². The van der Waals surface area contributed by atoms with Crippen LogP contribution in [-0.4, -0.2) is 41.6 Å². The number of carbonyl (C=O) groups is 2. The summed E-state index contributed by atoms with van der Waals surface area (Å²) < 4.78 is 0. The number of hydrogen-bond acceptors (Lipinski definition) is 2. The van der Waals surface area contributed by atoms with E-state index in [1.165, 1.54) is 25.7 Å². The molecule has 0 aliphatic carbocycles. The predicted molar refractivity (Wildman–Crippen MR) is 78.6 cm³/mol. The number of carboxylic acid groups (broad SMARTS) is 1. The molecule has 116 valence electrons. The standard InChI is InChI=1S/C15H28N2O3/c1-3-4-5-6-7-8-9-16-15(20)17-10-12(2)13(11-17)14(18)19/h12-13H,3-11H2,1-2H3,(H,16,20)(H,18,19). The molecule has 1 rings (SSSR count). The van der Waals surface area contributed by atoms with Gasteiger partial charge in [0.2, 0.25) is 0 Å². The molecular formula is C15H28N2O3. The van der Waals surface area contributed by atoms with Crippen LogP contribution in [0.4, 0.5) is 4.79 Å². The Bertz CT molecular complexity index is 320. The summed E-state index contributed by atoms with van der Waals surface area (Å²) in [6.07, 6.45) is 7.18. The third-order valence-electron chi connectivity index (χ3n) is 4.02. The van der Waals surface area contributed by atoms with Crippen molar-refractivity contribution in [2.45, 2.75) is 52.4 Å². The topological polar surface area (TPSA) is 69.6 Å². The van der Waals surface area contributed by atoms with Crippen molar-refractivity contribution in [3.63, 3.8) is 0 Å². The maximum absolute atomic E-state index is 11.9. The smallest absolute Gasteiger partial charge is 0.317 e. The third kappa shape index (κ3) is 5.39. The van der Waals surface area contributed by atoms with Crippen LogP contribution >= 0.6 is 0 Å². The van der Waals surface area contributed by atoms with Crippen LogP contribution < -0.4 is 5.32 Å². The zero-order valence-electron chi connectivity index (χ0n) is 12.7. The highest BCUT2D eigenvalue weighted by atomic mass is 16.4. The lowest BCUT2D eigenvalue weighted by molar-refractivity contribution is -0.142. The van der Waals surface area contributed by atoms with Crippen LogP contribution in [-0.2, 0) is 4.79 Å². The molecular weight excluding hydrogens is 256 g/mol. The molecule has 0 aromatic rings. The van der Waals surface area contributed by atoms with Gasteiger partial charge in [-0.2, -0.15) is 0 Å². The first-order valence-electron chi connectivity index (χ1n) is 7.81. The second-order valence-corrected chi connectivity index (χ2v) is 5.83. The number of unbranched alkanes of at least 4 members (excludes halogenated alkanes) is 5. The number of carboxylic acids is 1. The van der Waals surface area contributed by atoms with E-state index in [9.17, 15) is 9.59 Å². The van der Waals surface area contributed by atoms with Crippen molar-refractivity contribution in [3.8, 4) is 0 Å². The minimum atomic E-state index is -0.802. The molecule has 1 heterocycles. The Morgan fingerprint density at radius 1 is 1.15 bits per heavy atom. The van der Waals surface area contributed by atoms with Gasteiger partial charge in [-0.15, -0.1) is 0 Å². The van der Waals surface area contributed by atoms with E-state index >= 15 is 0 Å². The van der Waals surface area contributed by atoms with E-state index in [0.29, 0.717) is 19.6 Å². The van der Waals surface area contributed by atoms with Gasteiger partial charge in [0.05, 0.1) is 5.92 Å². The molecule has 0 bridgehead atoms. The van der Waals surface area contributed by atoms with Crippen LogP contribution in [0.3, 0.4) is 0 Å². The fourth-order valence-electron chi connectivity index (χ4n) is 2.67. The Hall–Kier alpha value is -1.26. The second-order valence-electron chi connectivity index (χ2n) is 5.83. The van der Waals surface area contributed by atoms with Gasteiger partial charge in [-0.05, 0) is 12.3 Å². The molecule has 2 unspecified atom stereocenters. The molecule has 0 aromatic carbocycles. The van der Waals surface area contributed by atoms with E-state index in [1.807, 2.05) is 6.92 Å². The molecule has 0 spiro atoms. The molecule has 2 N–H and O–H groups in total. The van der Waals surface area contributed by atoms with Gasteiger partial charge in [0.15, 0.2) is 0 Å². The highest BCUT2D eigenvalue weighted by Gasteiger charge is 2.36. The van der Waals surface area contributed by atoms with E-state index < -0.39 is 11.9 Å². The number of rotatable bonds is 8. The van der Waals surface area contributed by atoms with Gasteiger partial charge in [-0.25, -0.2) is 4.79 Å². The average molecular weight is 284 g/mol. The molecule has 1 aliphatic heterocycles. The number of carbonyl (C=O) groups excluding carboxylic acids is 1. The zero-order chi connectivity index (χ0) is 15.0. The summed E-state index contributed by atoms with van der Waals surface area (Å²) in [6.45, 7) is 5.65. The van der Waals surface area contributed by atoms with Crippen molar-refractivity contribution in [2.75, 3.05) is 19.6 Å². The van der Waals surface area contributed by atoms with Gasteiger partial charge in [-0.1, -0.05) is 46.0 Å². The van der Waals surface area contributed by atoms with Crippen molar-refractivity contribution in [2.24, 2.45) is 11.8 Å². The minimum absolute atomic E-state index is 0.0345. The van der Waals surface area contributed by atoms with Gasteiger partial charge in [0, 0.05) is 19.6 Å². The Balaban J connectivity index is 2.13. The molecule has 5 heteroatoms. The fourth-order valence-corrected chi connectivity index (χ4v) is 2.67. The number of urea groups is 1. The van der Waals surface area contributed by atoms with Crippen molar-refractivity contribution in [3.05, 3.63) is 0 Å². The van der Waals surface area contributed by atoms with E-state index in [2.05, 4.69) is 12.2 Å². The Morgan fingerprint density at radius 2 is 1.80 bits per heavy atom. The number of aliphatic carboxylic acids is 1. The quantitative estimate of drug-likeness (QED) is 0.673. The highest BCUT2D eigenvalue weighted by molar-refractivity contribution is 5.77. The fraction of sp³-hybridized carbons (Fsp3) is 0.867. The third-order valence-corrected chi connectivity index (χ3v) is 4.02. The summed E-state index contributed by atoms with van der Waals surface area (Å²) in [7, 11) is 0. The van der Waals surface area contributed by atoms with Crippen molar-refractivity contribution in [1.82, 2.24) is 10.2 Å². The molecule has 2 amide bonds. The second kappa shape index (κ2) is 8.82. The van der Waals surface area contributed by atoms with Crippen LogP contribution in [0.15, 0.2) is 0 Å². The van der Waals surface area contributed by atoms with Crippen LogP contribution in [0, 0.1) is 11.8 Å². The number of amides is 2. The monoisotopic (exact) mass is 284 g/mol. The van der Waals surface area contributed by atoms with Gasteiger partial charge >= 0.3 is 12.0 Å². The largest absolute Gasteiger partial charge is 0.481 e. The van der Waals surface area contributed by atoms with Gasteiger partial charge in [-0.3, -0.25) is 4.79 Å². The van der Waals surface area contributed by atoms with Crippen molar-refractivity contribution in [1.29, 1.82) is 0 Å². The minimum Gasteiger partial charge on any atom is -0.481 e. The summed E-state index contributed by atoms with van der Waals surface area (Å²) >= 11 is 0. The Kier molecular flexibility index (Phi) is 7.41. The van der Waals surface area contributed by atoms with Crippen LogP contribution in [0.25, 0.3) is 0 Å². The summed E-state index contributed by atoms with van der Waals surface area (Å²) in [5.74, 6) is -1.19. The summed E-state index contributed by atoms with van der Waals surface area (Å²) in [5, 5.41) is 11.9. The summed E-state index contributed by atoms with van der Waals surface area (Å²) in [5.41, 5.74) is 0. The molecule has 0 aromatic heterocycles. The van der Waals surface area contributed by atoms with Crippen molar-refractivity contribution < 1.29 is 14.7 Å². The molecule has 1 aliphatic rings. The van der Waals surface area contributed by atoms with E-state index in [-0.39, 0.29) is 11.9 Å². The average Bonchev–Trinajstić information content (AvgIpc) is 2.80. The first-order valence-corrected chi connectivity index (χ1v) is 7.81. The SMILES string of the molecule is CCCCCCCCNC(=O)N1CC(C)C(C(=O)O)C1. The molecule has 0 radical (unpaired) electrons. The maximum Gasteiger partial charge on any atom is 0.317 e. The lowest BCUT2D eigenvalue weighted by Crippen LogP contribution is -2.39. The Labute approximate surface area is 121 Å². The highest BCUT2D eigenvalue weighted by Crippen LogP contribution is 2.22. The summed E-state index contributed by atoms with van der Waals surface area (Å²) in [6, 6.07) is -0.117. The normalized spacial score (nSPS) is 22.0. The molecule has 5 nitrogen and oxygen atoms in total. The van der Waals surface area contributed by atoms with Gasteiger partial charge < -0.3 is 15.3 Å². The van der Waals surface area contributed by atoms with Crippen LogP contribution in [0.5, 0.6) is 0 Å². The lowest BCUT2D eigenvalue weighted by Gasteiger charge is -2.16. The summed E-state index contributed by atoms with van der Waals surface area (Å²) in [4.78, 5) is 24.5. The van der Waals surface area contributed by atoms with E-state index in [4.69, 9.17) is 5.11 Å². The first kappa shape index (κ1) is 16.8. The first-order chi connectivity index (χ1) is 9.56. The van der Waals surface area contributed by atoms with Crippen LogP contribution in [0.2, 0.25) is 0 Å². The number of likely N-dealkylation sites (tertiary alicyclic amines) is 1. The molecule has 2 atom stereocenters. The number of nitrogens with zero attached hydrogens (tertiary/aromatic N) is 1. The lowest BCUT2D eigenvalue weighted by atomic mass is 9.99. The molecule has 20 heavy (non-hydrogen) atoms. The van der Waals surface area contributed by atoms with E-state index in [1.54, 1.807) is 4.90 Å². The number of nitrogens with one attached hydrogen (secondary N) is 1. The maximum atomic E-state index is 11.9. The zero-order valence-corrected chi connectivity index (χ0v) is 12.7. The predicted octanol–water partition coefficient (Wildman–Crippen LogP) is 2.71. The Morgan fingerprint density at radius 3 is 2.40 bits per heavy atom. The van der Waals surface area contributed by atoms with Crippen LogP contribution in [0.1, 0.15) is 52.4 Å². The molecule has 1 fully saturated rings. The van der Waals surface area contributed by atoms with Gasteiger partial charge in [0.25, 0.3) is 0 Å². The molecule has 0 saturated carbocycles. The number of hydrogen-bond donors (Lipinski definition) is 2. The van der Waals surface area contributed by atoms with Gasteiger partial charge in [0.1, 0.15) is 0 Å². The molecule has 1 saturated heterocycles.